The topological polar surface area (TPSA) is 91.7 Å². The van der Waals surface area contributed by atoms with Crippen LogP contribution in [0.1, 0.15) is 43.9 Å². The number of hydrogen-bond donors (Lipinski definition) is 4. The smallest absolute Gasteiger partial charge is 0.321 e. The molecule has 154 valence electrons. The van der Waals surface area contributed by atoms with Gasteiger partial charge in [0.2, 0.25) is 0 Å². The van der Waals surface area contributed by atoms with Crippen molar-refractivity contribution in [3.8, 4) is 0 Å². The van der Waals surface area contributed by atoms with Crippen LogP contribution in [-0.2, 0) is 16.1 Å². The largest absolute Gasteiger partial charge is 0.346 e. The number of imide groups is 1. The first-order valence-electron chi connectivity index (χ1n) is 9.95. The first-order chi connectivity index (χ1) is 13.6. The second kappa shape index (κ2) is 12.3. The number of quaternary nitrogens is 1. The molecule has 0 bridgehead atoms. The number of carbonyl (C=O) groups excluding carboxylic acids is 3. The fraction of sp³-hybridized carbons (Fsp3) is 0.550. The predicted molar refractivity (Wildman–Crippen MR) is 110 cm³/mol. The first-order valence-corrected chi connectivity index (χ1v) is 10.8. The molecule has 1 unspecified atom stereocenters. The fourth-order valence-electron chi connectivity index (χ4n) is 3.11. The Morgan fingerprint density at radius 3 is 2.64 bits per heavy atom. The third kappa shape index (κ3) is 8.67. The molecule has 0 aliphatic heterocycles. The Kier molecular flexibility index (Phi) is 9.71. The summed E-state index contributed by atoms with van der Waals surface area (Å²) in [5, 5.41) is 9.90. The Balaban J connectivity index is 1.62. The predicted octanol–water partition coefficient (Wildman–Crippen LogP) is 0.985. The standard InChI is InChI=1S/C20H30N4O3S/c1-2-24(14-18(25)22-13-17-9-6-12-28-17)15-19(26)23-20(27)21-11-10-16-7-4-3-5-8-16/h6-7,9,12H,2-5,8,10-11,13-15H2,1H3,(H,22,25)(H2,21,23,26,27)/p+1. The lowest BCUT2D eigenvalue weighted by atomic mass is 9.97. The molecule has 0 fully saturated rings. The molecule has 0 saturated carbocycles. The van der Waals surface area contributed by atoms with Crippen molar-refractivity contribution in [3.05, 3.63) is 34.0 Å². The zero-order valence-electron chi connectivity index (χ0n) is 16.5. The Bertz CT molecular complexity index is 673. The van der Waals surface area contributed by atoms with E-state index in [-0.39, 0.29) is 24.9 Å². The molecule has 0 saturated heterocycles. The monoisotopic (exact) mass is 407 g/mol. The molecule has 1 aliphatic carbocycles. The van der Waals surface area contributed by atoms with Gasteiger partial charge in [-0.05, 0) is 50.5 Å². The molecule has 8 heteroatoms. The second-order valence-corrected chi connectivity index (χ2v) is 8.01. The third-order valence-corrected chi connectivity index (χ3v) is 5.61. The summed E-state index contributed by atoms with van der Waals surface area (Å²) in [5.74, 6) is -0.486. The highest BCUT2D eigenvalue weighted by Crippen LogP contribution is 2.19. The molecule has 1 heterocycles. The Morgan fingerprint density at radius 1 is 1.14 bits per heavy atom. The van der Waals surface area contributed by atoms with Crippen LogP contribution in [0.25, 0.3) is 0 Å². The van der Waals surface area contributed by atoms with Crippen LogP contribution < -0.4 is 20.9 Å². The summed E-state index contributed by atoms with van der Waals surface area (Å²) in [4.78, 5) is 37.9. The van der Waals surface area contributed by atoms with Gasteiger partial charge in [-0.25, -0.2) is 4.79 Å². The summed E-state index contributed by atoms with van der Waals surface area (Å²) in [7, 11) is 0. The zero-order valence-corrected chi connectivity index (χ0v) is 17.3. The van der Waals surface area contributed by atoms with Crippen LogP contribution in [0.5, 0.6) is 0 Å². The molecule has 0 spiro atoms. The lowest BCUT2D eigenvalue weighted by Gasteiger charge is -2.17. The molecule has 4 N–H and O–H groups in total. The maximum absolute atomic E-state index is 12.1. The summed E-state index contributed by atoms with van der Waals surface area (Å²) in [5.41, 5.74) is 1.38. The molecular formula is C20H31N4O3S+. The number of rotatable bonds is 10. The third-order valence-electron chi connectivity index (χ3n) is 4.73. The molecule has 2 rings (SSSR count). The molecule has 7 nitrogen and oxygen atoms in total. The maximum Gasteiger partial charge on any atom is 0.321 e. The summed E-state index contributed by atoms with van der Waals surface area (Å²) < 4.78 is 0. The molecule has 0 aromatic carbocycles. The van der Waals surface area contributed by atoms with E-state index in [0.717, 1.165) is 29.0 Å². The highest BCUT2D eigenvalue weighted by atomic mass is 32.1. The zero-order chi connectivity index (χ0) is 20.2. The van der Waals surface area contributed by atoms with E-state index in [0.29, 0.717) is 19.6 Å². The minimum absolute atomic E-state index is 0.0848. The minimum Gasteiger partial charge on any atom is -0.346 e. The van der Waals surface area contributed by atoms with Gasteiger partial charge in [-0.3, -0.25) is 14.9 Å². The SMILES string of the molecule is CC[NH+](CC(=O)NCc1cccs1)CC(=O)NC(=O)NCCC1=CCCCC1. The number of amides is 4. The molecule has 0 radical (unpaired) electrons. The molecule has 1 aromatic rings. The van der Waals surface area contributed by atoms with Crippen LogP contribution >= 0.6 is 11.3 Å². The molecule has 1 atom stereocenters. The number of likely N-dealkylation sites (N-methyl/N-ethyl adjacent to an activating group) is 1. The number of carbonyl (C=O) groups is 3. The molecule has 1 aromatic heterocycles. The molecular weight excluding hydrogens is 376 g/mol. The van der Waals surface area contributed by atoms with Crippen LogP contribution in [0, 0.1) is 0 Å². The van der Waals surface area contributed by atoms with Crippen molar-refractivity contribution in [2.45, 2.75) is 45.6 Å². The van der Waals surface area contributed by atoms with Crippen LogP contribution in [0.15, 0.2) is 29.2 Å². The summed E-state index contributed by atoms with van der Waals surface area (Å²) in [6.45, 7) is 3.84. The van der Waals surface area contributed by atoms with Gasteiger partial charge in [-0.2, -0.15) is 0 Å². The Hall–Kier alpha value is -2.19. The maximum atomic E-state index is 12.1. The number of allylic oxidation sites excluding steroid dienone is 1. The number of hydrogen-bond acceptors (Lipinski definition) is 4. The summed E-state index contributed by atoms with van der Waals surface area (Å²) in [6.07, 6.45) is 7.77. The lowest BCUT2D eigenvalue weighted by molar-refractivity contribution is -0.881. The van der Waals surface area contributed by atoms with E-state index in [1.807, 2.05) is 24.4 Å². The normalized spacial score (nSPS) is 14.7. The Morgan fingerprint density at radius 2 is 1.96 bits per heavy atom. The van der Waals surface area contributed by atoms with Crippen molar-refractivity contribution in [2.75, 3.05) is 26.2 Å². The van der Waals surface area contributed by atoms with E-state index < -0.39 is 6.03 Å². The van der Waals surface area contributed by atoms with E-state index in [9.17, 15) is 14.4 Å². The van der Waals surface area contributed by atoms with E-state index in [4.69, 9.17) is 0 Å². The van der Waals surface area contributed by atoms with Crippen molar-refractivity contribution in [1.82, 2.24) is 16.0 Å². The van der Waals surface area contributed by atoms with Gasteiger partial charge < -0.3 is 15.5 Å². The van der Waals surface area contributed by atoms with Crippen molar-refractivity contribution in [2.24, 2.45) is 0 Å². The number of urea groups is 1. The van der Waals surface area contributed by atoms with E-state index >= 15 is 0 Å². The number of thiophene rings is 1. The van der Waals surface area contributed by atoms with E-state index in [2.05, 4.69) is 22.0 Å². The van der Waals surface area contributed by atoms with Crippen LogP contribution in [0.3, 0.4) is 0 Å². The minimum atomic E-state index is -0.473. The van der Waals surface area contributed by atoms with Gasteiger partial charge in [0.05, 0.1) is 13.1 Å². The van der Waals surface area contributed by atoms with Gasteiger partial charge in [-0.15, -0.1) is 11.3 Å². The Labute approximate surface area is 170 Å². The lowest BCUT2D eigenvalue weighted by Crippen LogP contribution is -3.14. The second-order valence-electron chi connectivity index (χ2n) is 6.98. The molecule has 4 amide bonds. The van der Waals surface area contributed by atoms with Gasteiger partial charge in [0.15, 0.2) is 13.1 Å². The number of nitrogens with one attached hydrogen (secondary N) is 4. The van der Waals surface area contributed by atoms with Gasteiger partial charge >= 0.3 is 6.03 Å². The van der Waals surface area contributed by atoms with Crippen molar-refractivity contribution < 1.29 is 19.3 Å². The first kappa shape index (κ1) is 22.1. The van der Waals surface area contributed by atoms with Crippen molar-refractivity contribution >= 4 is 29.2 Å². The quantitative estimate of drug-likeness (QED) is 0.436. The van der Waals surface area contributed by atoms with Crippen molar-refractivity contribution in [1.29, 1.82) is 0 Å². The average Bonchev–Trinajstić information content (AvgIpc) is 3.20. The van der Waals surface area contributed by atoms with Gasteiger partial charge in [-0.1, -0.05) is 17.7 Å². The highest BCUT2D eigenvalue weighted by Gasteiger charge is 2.18. The van der Waals surface area contributed by atoms with Crippen molar-refractivity contribution in [3.63, 3.8) is 0 Å². The highest BCUT2D eigenvalue weighted by molar-refractivity contribution is 7.09. The van der Waals surface area contributed by atoms with E-state index in [1.165, 1.54) is 18.4 Å². The van der Waals surface area contributed by atoms with Crippen LogP contribution in [0.2, 0.25) is 0 Å². The fourth-order valence-corrected chi connectivity index (χ4v) is 3.76. The van der Waals surface area contributed by atoms with E-state index in [1.54, 1.807) is 11.3 Å². The van der Waals surface area contributed by atoms with Crippen LogP contribution in [0.4, 0.5) is 4.79 Å². The van der Waals surface area contributed by atoms with Gasteiger partial charge in [0, 0.05) is 11.4 Å². The van der Waals surface area contributed by atoms with Gasteiger partial charge in [0.25, 0.3) is 11.8 Å². The molecule has 1 aliphatic rings. The molecule has 28 heavy (non-hydrogen) atoms. The van der Waals surface area contributed by atoms with Gasteiger partial charge in [0.1, 0.15) is 0 Å². The summed E-state index contributed by atoms with van der Waals surface area (Å²) in [6, 6.07) is 3.43. The average molecular weight is 408 g/mol. The summed E-state index contributed by atoms with van der Waals surface area (Å²) >= 11 is 1.59. The van der Waals surface area contributed by atoms with Crippen LogP contribution in [-0.4, -0.2) is 44.0 Å².